The number of hydrogen-bond donors (Lipinski definition) is 0. The van der Waals surface area contributed by atoms with E-state index in [4.69, 9.17) is 0 Å². The Kier molecular flexibility index (Phi) is 1.86. The lowest BCUT2D eigenvalue weighted by atomic mass is 10.0. The number of rotatable bonds is 1. The lowest BCUT2D eigenvalue weighted by Crippen LogP contribution is -1.90. The van der Waals surface area contributed by atoms with Crippen molar-refractivity contribution >= 4 is 0 Å². The van der Waals surface area contributed by atoms with Crippen LogP contribution in [0.3, 0.4) is 0 Å². The second kappa shape index (κ2) is 3.21. The van der Waals surface area contributed by atoms with Crippen LogP contribution >= 0.6 is 0 Å². The molecule has 0 spiro atoms. The molecule has 1 aliphatic rings. The van der Waals surface area contributed by atoms with E-state index < -0.39 is 0 Å². The zero-order valence-electron chi connectivity index (χ0n) is 8.36. The fraction of sp³-hybridized carbons (Fsp3) is 0.143. The van der Waals surface area contributed by atoms with Crippen molar-refractivity contribution in [3.05, 3.63) is 59.2 Å². The molecular weight excluding hydrogens is 184 g/mol. The van der Waals surface area contributed by atoms with Crippen LogP contribution in [-0.4, -0.2) is 0 Å². The highest BCUT2D eigenvalue weighted by molar-refractivity contribution is 5.77. The first-order valence-corrected chi connectivity index (χ1v) is 5.17. The van der Waals surface area contributed by atoms with Crippen molar-refractivity contribution in [1.82, 2.24) is 0 Å². The SMILES string of the molecule is [O]Cc1cccc2c1Cc1ccccc1-2. The van der Waals surface area contributed by atoms with E-state index in [0.717, 1.165) is 12.0 Å². The van der Waals surface area contributed by atoms with Crippen molar-refractivity contribution in [2.45, 2.75) is 13.0 Å². The van der Waals surface area contributed by atoms with Gasteiger partial charge in [0.2, 0.25) is 0 Å². The molecular formula is C14H11O. The predicted molar refractivity (Wildman–Crippen MR) is 59.1 cm³/mol. The van der Waals surface area contributed by atoms with Gasteiger partial charge in [-0.05, 0) is 34.2 Å². The quantitative estimate of drug-likeness (QED) is 0.568. The smallest absolute Gasteiger partial charge is 0.108 e. The van der Waals surface area contributed by atoms with Crippen molar-refractivity contribution in [3.8, 4) is 11.1 Å². The summed E-state index contributed by atoms with van der Waals surface area (Å²) in [5.41, 5.74) is 6.06. The first-order chi connectivity index (χ1) is 7.40. The molecule has 0 saturated heterocycles. The van der Waals surface area contributed by atoms with Gasteiger partial charge in [0.1, 0.15) is 6.61 Å². The lowest BCUT2D eigenvalue weighted by molar-refractivity contribution is 0.177. The van der Waals surface area contributed by atoms with E-state index in [1.807, 2.05) is 12.1 Å². The van der Waals surface area contributed by atoms with Crippen LogP contribution < -0.4 is 0 Å². The highest BCUT2D eigenvalue weighted by Crippen LogP contribution is 2.37. The first-order valence-electron chi connectivity index (χ1n) is 5.17. The van der Waals surface area contributed by atoms with Crippen LogP contribution in [-0.2, 0) is 18.1 Å². The maximum absolute atomic E-state index is 11.0. The largest absolute Gasteiger partial charge is 0.232 e. The van der Waals surface area contributed by atoms with E-state index in [1.165, 1.54) is 22.3 Å². The van der Waals surface area contributed by atoms with Crippen LogP contribution in [0.1, 0.15) is 16.7 Å². The molecule has 0 heterocycles. The van der Waals surface area contributed by atoms with Crippen molar-refractivity contribution < 1.29 is 5.11 Å². The summed E-state index contributed by atoms with van der Waals surface area (Å²) < 4.78 is 0. The summed E-state index contributed by atoms with van der Waals surface area (Å²) in [4.78, 5) is 0. The van der Waals surface area contributed by atoms with Crippen LogP contribution in [0.2, 0.25) is 0 Å². The molecule has 1 heteroatoms. The molecule has 0 aliphatic heterocycles. The Labute approximate surface area is 89.0 Å². The fourth-order valence-corrected chi connectivity index (χ4v) is 2.36. The van der Waals surface area contributed by atoms with Crippen molar-refractivity contribution in [3.63, 3.8) is 0 Å². The van der Waals surface area contributed by atoms with Crippen LogP contribution in [0, 0.1) is 0 Å². The third-order valence-electron chi connectivity index (χ3n) is 3.10. The molecule has 1 radical (unpaired) electrons. The third-order valence-corrected chi connectivity index (χ3v) is 3.10. The normalized spacial score (nSPS) is 12.3. The molecule has 0 fully saturated rings. The zero-order chi connectivity index (χ0) is 10.3. The Bertz CT molecular complexity index is 514. The summed E-state index contributed by atoms with van der Waals surface area (Å²) in [6.45, 7) is -0.114. The highest BCUT2D eigenvalue weighted by Gasteiger charge is 2.19. The van der Waals surface area contributed by atoms with Crippen LogP contribution in [0.4, 0.5) is 0 Å². The fourth-order valence-electron chi connectivity index (χ4n) is 2.36. The Morgan fingerprint density at radius 3 is 2.60 bits per heavy atom. The van der Waals surface area contributed by atoms with Gasteiger partial charge in [0.25, 0.3) is 0 Å². The number of hydrogen-bond acceptors (Lipinski definition) is 0. The van der Waals surface area contributed by atoms with E-state index in [-0.39, 0.29) is 6.61 Å². The topological polar surface area (TPSA) is 19.9 Å². The molecule has 3 rings (SSSR count). The summed E-state index contributed by atoms with van der Waals surface area (Å²) in [5.74, 6) is 0. The Hall–Kier alpha value is -1.60. The second-order valence-electron chi connectivity index (χ2n) is 3.92. The van der Waals surface area contributed by atoms with Gasteiger partial charge in [-0.1, -0.05) is 42.5 Å². The summed E-state index contributed by atoms with van der Waals surface area (Å²) in [5, 5.41) is 11.0. The lowest BCUT2D eigenvalue weighted by Gasteiger charge is -2.03. The van der Waals surface area contributed by atoms with E-state index >= 15 is 0 Å². The second-order valence-corrected chi connectivity index (χ2v) is 3.92. The Balaban J connectivity index is 2.26. The van der Waals surface area contributed by atoms with Crippen LogP contribution in [0.25, 0.3) is 11.1 Å². The number of benzene rings is 2. The summed E-state index contributed by atoms with van der Waals surface area (Å²) in [7, 11) is 0. The summed E-state index contributed by atoms with van der Waals surface area (Å²) in [6.07, 6.45) is 0.921. The van der Waals surface area contributed by atoms with Gasteiger partial charge < -0.3 is 0 Å². The molecule has 0 amide bonds. The number of fused-ring (bicyclic) bond motifs is 3. The van der Waals surface area contributed by atoms with Crippen molar-refractivity contribution in [2.24, 2.45) is 0 Å². The van der Waals surface area contributed by atoms with Gasteiger partial charge in [-0.25, -0.2) is 5.11 Å². The van der Waals surface area contributed by atoms with E-state index in [1.54, 1.807) is 0 Å². The van der Waals surface area contributed by atoms with E-state index in [0.29, 0.717) is 0 Å². The zero-order valence-corrected chi connectivity index (χ0v) is 8.36. The molecule has 2 aromatic carbocycles. The van der Waals surface area contributed by atoms with Gasteiger partial charge in [-0.2, -0.15) is 0 Å². The molecule has 0 atom stereocenters. The van der Waals surface area contributed by atoms with Crippen LogP contribution in [0.15, 0.2) is 42.5 Å². The molecule has 0 bridgehead atoms. The van der Waals surface area contributed by atoms with Gasteiger partial charge in [-0.3, -0.25) is 0 Å². The molecule has 0 N–H and O–H groups in total. The third kappa shape index (κ3) is 1.20. The summed E-state index contributed by atoms with van der Waals surface area (Å²) in [6, 6.07) is 14.4. The molecule has 1 aliphatic carbocycles. The predicted octanol–water partition coefficient (Wildman–Crippen LogP) is 3.19. The van der Waals surface area contributed by atoms with Crippen molar-refractivity contribution in [1.29, 1.82) is 0 Å². The van der Waals surface area contributed by atoms with Gasteiger partial charge >= 0.3 is 0 Å². The van der Waals surface area contributed by atoms with Gasteiger partial charge in [0.15, 0.2) is 0 Å². The molecule has 0 saturated carbocycles. The van der Waals surface area contributed by atoms with E-state index in [9.17, 15) is 5.11 Å². The Morgan fingerprint density at radius 2 is 1.73 bits per heavy atom. The minimum absolute atomic E-state index is 0.114. The maximum Gasteiger partial charge on any atom is 0.108 e. The molecule has 73 valence electrons. The van der Waals surface area contributed by atoms with Crippen LogP contribution in [0.5, 0.6) is 0 Å². The van der Waals surface area contributed by atoms with E-state index in [2.05, 4.69) is 30.3 Å². The van der Waals surface area contributed by atoms with Gasteiger partial charge in [-0.15, -0.1) is 0 Å². The average Bonchev–Trinajstić information content (AvgIpc) is 2.67. The van der Waals surface area contributed by atoms with Gasteiger partial charge in [0, 0.05) is 0 Å². The van der Waals surface area contributed by atoms with Gasteiger partial charge in [0.05, 0.1) is 0 Å². The monoisotopic (exact) mass is 195 g/mol. The standard InChI is InChI=1S/C14H11O/c15-9-11-5-3-7-13-12-6-2-1-4-10(12)8-14(11)13/h1-7H,8-9H2. The molecule has 0 unspecified atom stereocenters. The minimum atomic E-state index is -0.114. The Morgan fingerprint density at radius 1 is 0.933 bits per heavy atom. The minimum Gasteiger partial charge on any atom is -0.232 e. The summed E-state index contributed by atoms with van der Waals surface area (Å²) >= 11 is 0. The molecule has 2 aromatic rings. The first kappa shape index (κ1) is 8.69. The molecule has 15 heavy (non-hydrogen) atoms. The van der Waals surface area contributed by atoms with Crippen molar-refractivity contribution in [2.75, 3.05) is 0 Å². The maximum atomic E-state index is 11.0. The highest BCUT2D eigenvalue weighted by atomic mass is 16.3. The average molecular weight is 195 g/mol. The molecule has 0 aromatic heterocycles. The molecule has 1 nitrogen and oxygen atoms in total.